The van der Waals surface area contributed by atoms with E-state index in [0.29, 0.717) is 22.7 Å². The van der Waals surface area contributed by atoms with Crippen LogP contribution in [0.2, 0.25) is 5.02 Å². The molecule has 0 aliphatic carbocycles. The second-order valence-electron chi connectivity index (χ2n) is 7.45. The van der Waals surface area contributed by atoms with Gasteiger partial charge in [-0.2, -0.15) is 0 Å². The molecule has 1 aromatic heterocycles. The molecule has 7 heteroatoms. The number of carbonyl (C=O) groups is 3. The van der Waals surface area contributed by atoms with Crippen LogP contribution in [-0.2, 0) is 20.7 Å². The van der Waals surface area contributed by atoms with Gasteiger partial charge in [-0.05, 0) is 36.2 Å². The van der Waals surface area contributed by atoms with Crippen LogP contribution in [0.4, 0.5) is 5.69 Å². The minimum atomic E-state index is -0.542. The van der Waals surface area contributed by atoms with Crippen LogP contribution in [0.1, 0.15) is 27.9 Å². The highest BCUT2D eigenvalue weighted by atomic mass is 35.5. The standard InChI is InChI=1S/C26H21ClN2O4/c27-19-11-12-23(21(14-19)26(32)17-6-2-1-3-7-17)29-24(30)16-33-25(31)13-10-18-15-28-22-9-5-4-8-20(18)22/h1-9,11-12,14-15,28H,10,13,16H2,(H,29,30). The van der Waals surface area contributed by atoms with Crippen molar-refractivity contribution in [2.45, 2.75) is 12.8 Å². The molecule has 4 rings (SSSR count). The summed E-state index contributed by atoms with van der Waals surface area (Å²) >= 11 is 6.06. The number of ketones is 1. The quantitative estimate of drug-likeness (QED) is 0.280. The zero-order valence-corrected chi connectivity index (χ0v) is 18.4. The fourth-order valence-electron chi connectivity index (χ4n) is 3.54. The monoisotopic (exact) mass is 460 g/mol. The number of aryl methyl sites for hydroxylation is 1. The van der Waals surface area contributed by atoms with E-state index in [1.54, 1.807) is 36.4 Å². The molecule has 2 N–H and O–H groups in total. The van der Waals surface area contributed by atoms with Gasteiger partial charge >= 0.3 is 5.97 Å². The van der Waals surface area contributed by atoms with Gasteiger partial charge < -0.3 is 15.0 Å². The number of aromatic amines is 1. The molecular formula is C26H21ClN2O4. The normalized spacial score (nSPS) is 10.7. The van der Waals surface area contributed by atoms with E-state index >= 15 is 0 Å². The van der Waals surface area contributed by atoms with E-state index in [9.17, 15) is 14.4 Å². The Bertz CT molecular complexity index is 1310. The largest absolute Gasteiger partial charge is 0.456 e. The molecule has 1 amide bonds. The first-order chi connectivity index (χ1) is 16.0. The van der Waals surface area contributed by atoms with Gasteiger partial charge in [-0.15, -0.1) is 0 Å². The Morgan fingerprint density at radius 3 is 2.52 bits per heavy atom. The number of fused-ring (bicyclic) bond motifs is 1. The third-order valence-electron chi connectivity index (χ3n) is 5.17. The zero-order valence-electron chi connectivity index (χ0n) is 17.6. The number of nitrogens with one attached hydrogen (secondary N) is 2. The van der Waals surface area contributed by atoms with Crippen LogP contribution >= 0.6 is 11.6 Å². The number of anilines is 1. The summed E-state index contributed by atoms with van der Waals surface area (Å²) in [7, 11) is 0. The molecule has 33 heavy (non-hydrogen) atoms. The number of halogens is 1. The lowest BCUT2D eigenvalue weighted by molar-refractivity contribution is -0.147. The van der Waals surface area contributed by atoms with Crippen molar-refractivity contribution in [2.24, 2.45) is 0 Å². The van der Waals surface area contributed by atoms with E-state index in [1.165, 1.54) is 6.07 Å². The van der Waals surface area contributed by atoms with E-state index in [2.05, 4.69) is 10.3 Å². The number of carbonyl (C=O) groups excluding carboxylic acids is 3. The van der Waals surface area contributed by atoms with Gasteiger partial charge in [-0.3, -0.25) is 14.4 Å². The summed E-state index contributed by atoms with van der Waals surface area (Å²) in [4.78, 5) is 40.6. The number of H-pyrrole nitrogens is 1. The summed E-state index contributed by atoms with van der Waals surface area (Å²) in [6.07, 6.45) is 2.52. The Labute approximate surface area is 195 Å². The van der Waals surface area contributed by atoms with E-state index in [-0.39, 0.29) is 17.8 Å². The van der Waals surface area contributed by atoms with Gasteiger partial charge in [0.15, 0.2) is 12.4 Å². The predicted octanol–water partition coefficient (Wildman–Crippen LogP) is 5.17. The minimum Gasteiger partial charge on any atom is -0.456 e. The third kappa shape index (κ3) is 5.48. The van der Waals surface area contributed by atoms with Gasteiger partial charge in [0.1, 0.15) is 0 Å². The van der Waals surface area contributed by atoms with Gasteiger partial charge in [-0.1, -0.05) is 60.1 Å². The molecule has 0 fully saturated rings. The lowest BCUT2D eigenvalue weighted by atomic mass is 10.0. The Balaban J connectivity index is 1.34. The number of benzene rings is 3. The van der Waals surface area contributed by atoms with Crippen LogP contribution in [-0.4, -0.2) is 29.3 Å². The number of amides is 1. The lowest BCUT2D eigenvalue weighted by Crippen LogP contribution is -2.22. The van der Waals surface area contributed by atoms with E-state index in [0.717, 1.165) is 16.5 Å². The van der Waals surface area contributed by atoms with Gasteiger partial charge in [0.25, 0.3) is 5.91 Å². The van der Waals surface area contributed by atoms with E-state index in [1.807, 2.05) is 36.5 Å². The first kappa shape index (κ1) is 22.3. The van der Waals surface area contributed by atoms with E-state index < -0.39 is 18.5 Å². The van der Waals surface area contributed by atoms with Crippen LogP contribution in [0.3, 0.4) is 0 Å². The average Bonchev–Trinajstić information content (AvgIpc) is 3.26. The summed E-state index contributed by atoms with van der Waals surface area (Å²) in [5, 5.41) is 4.07. The molecule has 0 spiro atoms. The summed E-state index contributed by atoms with van der Waals surface area (Å²) < 4.78 is 5.12. The molecule has 0 radical (unpaired) electrons. The number of para-hydroxylation sites is 1. The van der Waals surface area contributed by atoms with Crippen molar-refractivity contribution in [3.63, 3.8) is 0 Å². The smallest absolute Gasteiger partial charge is 0.306 e. The van der Waals surface area contributed by atoms with Crippen LogP contribution in [0.5, 0.6) is 0 Å². The van der Waals surface area contributed by atoms with Crippen molar-refractivity contribution >= 4 is 45.9 Å². The van der Waals surface area contributed by atoms with Gasteiger partial charge in [0, 0.05) is 39.7 Å². The van der Waals surface area contributed by atoms with Crippen LogP contribution in [0.25, 0.3) is 10.9 Å². The van der Waals surface area contributed by atoms with Crippen LogP contribution in [0.15, 0.2) is 79.0 Å². The third-order valence-corrected chi connectivity index (χ3v) is 5.41. The lowest BCUT2D eigenvalue weighted by Gasteiger charge is -2.11. The maximum Gasteiger partial charge on any atom is 0.306 e. The molecule has 0 saturated heterocycles. The molecule has 3 aromatic carbocycles. The van der Waals surface area contributed by atoms with Gasteiger partial charge in [0.2, 0.25) is 0 Å². The molecule has 0 saturated carbocycles. The van der Waals surface area contributed by atoms with E-state index in [4.69, 9.17) is 16.3 Å². The fraction of sp³-hybridized carbons (Fsp3) is 0.115. The predicted molar refractivity (Wildman–Crippen MR) is 128 cm³/mol. The van der Waals surface area contributed by atoms with Crippen LogP contribution < -0.4 is 5.32 Å². The minimum absolute atomic E-state index is 0.147. The number of rotatable bonds is 8. The summed E-state index contributed by atoms with van der Waals surface area (Å²) in [6, 6.07) is 21.2. The molecule has 1 heterocycles. The second kappa shape index (κ2) is 10.1. The van der Waals surface area contributed by atoms with Crippen LogP contribution in [0, 0.1) is 0 Å². The van der Waals surface area contributed by atoms with Crippen molar-refractivity contribution in [1.82, 2.24) is 4.98 Å². The molecule has 4 aromatic rings. The molecule has 0 atom stereocenters. The summed E-state index contributed by atoms with van der Waals surface area (Å²) in [5.41, 5.74) is 3.04. The zero-order chi connectivity index (χ0) is 23.2. The van der Waals surface area contributed by atoms with Gasteiger partial charge in [0.05, 0.1) is 5.69 Å². The maximum atomic E-state index is 12.9. The first-order valence-electron chi connectivity index (χ1n) is 10.4. The summed E-state index contributed by atoms with van der Waals surface area (Å²) in [6.45, 7) is -0.450. The van der Waals surface area contributed by atoms with Crippen molar-refractivity contribution in [3.05, 3.63) is 101 Å². The molecule has 166 valence electrons. The SMILES string of the molecule is O=C(COC(=O)CCc1c[nH]c2ccccc12)Nc1ccc(Cl)cc1C(=O)c1ccccc1. The maximum absolute atomic E-state index is 12.9. The highest BCUT2D eigenvalue weighted by Crippen LogP contribution is 2.24. The Hall–Kier alpha value is -3.90. The van der Waals surface area contributed by atoms with Crippen molar-refractivity contribution in [1.29, 1.82) is 0 Å². The Morgan fingerprint density at radius 1 is 0.939 bits per heavy atom. The molecule has 0 bridgehead atoms. The first-order valence-corrected chi connectivity index (χ1v) is 10.8. The number of esters is 1. The topological polar surface area (TPSA) is 88.3 Å². The Morgan fingerprint density at radius 2 is 1.70 bits per heavy atom. The highest BCUT2D eigenvalue weighted by Gasteiger charge is 2.17. The molecule has 0 aliphatic heterocycles. The van der Waals surface area contributed by atoms with Crippen molar-refractivity contribution < 1.29 is 19.1 Å². The molecule has 0 unspecified atom stereocenters. The average molecular weight is 461 g/mol. The fourth-order valence-corrected chi connectivity index (χ4v) is 3.71. The number of hydrogen-bond acceptors (Lipinski definition) is 4. The van der Waals surface area contributed by atoms with Crippen molar-refractivity contribution in [2.75, 3.05) is 11.9 Å². The molecule has 0 aliphatic rings. The number of hydrogen-bond donors (Lipinski definition) is 2. The van der Waals surface area contributed by atoms with Gasteiger partial charge in [-0.25, -0.2) is 0 Å². The number of ether oxygens (including phenoxy) is 1. The van der Waals surface area contributed by atoms with Crippen molar-refractivity contribution in [3.8, 4) is 0 Å². The Kier molecular flexibility index (Phi) is 6.86. The number of aromatic nitrogens is 1. The second-order valence-corrected chi connectivity index (χ2v) is 7.89. The summed E-state index contributed by atoms with van der Waals surface area (Å²) in [5.74, 6) is -1.30. The highest BCUT2D eigenvalue weighted by molar-refractivity contribution is 6.31. The molecule has 6 nitrogen and oxygen atoms in total. The molecular weight excluding hydrogens is 440 g/mol.